The van der Waals surface area contributed by atoms with Gasteiger partial charge in [0.25, 0.3) is 0 Å². The van der Waals surface area contributed by atoms with E-state index in [1.807, 2.05) is 0 Å². The summed E-state index contributed by atoms with van der Waals surface area (Å²) in [7, 11) is -1.07. The molecular weight excluding hydrogens is 445 g/mol. The van der Waals surface area contributed by atoms with Gasteiger partial charge in [-0.1, -0.05) is 36.4 Å². The van der Waals surface area contributed by atoms with Crippen LogP contribution in [-0.2, 0) is 9.14 Å². The predicted octanol–water partition coefficient (Wildman–Crippen LogP) is -0.667. The summed E-state index contributed by atoms with van der Waals surface area (Å²) in [6.45, 7) is 0. The number of aromatic hydroxyl groups is 3. The van der Waals surface area contributed by atoms with Gasteiger partial charge >= 0.3 is 21.4 Å². The van der Waals surface area contributed by atoms with Crippen LogP contribution in [0.5, 0.6) is 34.5 Å². The normalized spacial score (nSPS) is 10.5. The van der Waals surface area contributed by atoms with Gasteiger partial charge in [-0.3, -0.25) is 0 Å². The van der Waals surface area contributed by atoms with Crippen molar-refractivity contribution in [2.45, 2.75) is 0 Å². The fourth-order valence-corrected chi connectivity index (χ4v) is 3.26. The van der Waals surface area contributed by atoms with E-state index in [4.69, 9.17) is 23.4 Å². The van der Waals surface area contributed by atoms with Crippen LogP contribution in [0.2, 0.25) is 0 Å². The van der Waals surface area contributed by atoms with Crippen molar-refractivity contribution in [1.29, 1.82) is 0 Å². The van der Waals surface area contributed by atoms with Gasteiger partial charge in [0.1, 0.15) is 0 Å². The summed E-state index contributed by atoms with van der Waals surface area (Å²) in [5, 5.41) is 52.8. The first kappa shape index (κ1) is 25.1. The Morgan fingerprint density at radius 2 is 0.853 bits per heavy atom. The van der Waals surface area contributed by atoms with Gasteiger partial charge in [-0.2, -0.15) is 0 Å². The Hall–Kier alpha value is -3.51. The zero-order valence-corrected chi connectivity index (χ0v) is 18.7. The van der Waals surface area contributed by atoms with Crippen molar-refractivity contribution in [1.82, 2.24) is 0 Å². The van der Waals surface area contributed by atoms with E-state index in [2.05, 4.69) is 0 Å². The standard InChI is InChI=1S/C21H23B3O10/c1-30-16-10-4-7-13(19(16)25)22(28)33-24(15-9-6-12-18(32-3)21(15)27)34-23(29)14-8-5-11-17(31-2)20(14)26/h4-12,25-29H,1-3H3. The van der Waals surface area contributed by atoms with Gasteiger partial charge in [-0.05, 0) is 18.2 Å². The van der Waals surface area contributed by atoms with E-state index in [1.165, 1.54) is 69.9 Å². The van der Waals surface area contributed by atoms with Crippen LogP contribution in [0.25, 0.3) is 0 Å². The molecule has 10 nitrogen and oxygen atoms in total. The number of rotatable bonds is 10. The fraction of sp³-hybridized carbons (Fsp3) is 0.143. The summed E-state index contributed by atoms with van der Waals surface area (Å²) in [5.41, 5.74) is -0.0923. The largest absolute Gasteiger partial charge is 0.505 e. The molecule has 13 heteroatoms. The van der Waals surface area contributed by atoms with Crippen LogP contribution < -0.4 is 30.6 Å². The minimum absolute atomic E-state index is 0.00206. The fourth-order valence-electron chi connectivity index (χ4n) is 3.26. The van der Waals surface area contributed by atoms with Crippen LogP contribution in [0.15, 0.2) is 54.6 Å². The van der Waals surface area contributed by atoms with Crippen LogP contribution in [0.4, 0.5) is 0 Å². The predicted molar refractivity (Wildman–Crippen MR) is 127 cm³/mol. The average Bonchev–Trinajstić information content (AvgIpc) is 2.84. The Morgan fingerprint density at radius 1 is 0.529 bits per heavy atom. The first-order chi connectivity index (χ1) is 16.3. The van der Waals surface area contributed by atoms with Crippen LogP contribution >= 0.6 is 0 Å². The van der Waals surface area contributed by atoms with Gasteiger partial charge in [-0.25, -0.2) is 0 Å². The summed E-state index contributed by atoms with van der Waals surface area (Å²) < 4.78 is 26.4. The Kier molecular flexibility index (Phi) is 8.19. The second-order valence-electron chi connectivity index (χ2n) is 7.00. The maximum absolute atomic E-state index is 10.7. The van der Waals surface area contributed by atoms with Crippen molar-refractivity contribution in [3.8, 4) is 34.5 Å². The smallest absolute Gasteiger partial charge is 0.481 e. The van der Waals surface area contributed by atoms with Crippen LogP contribution in [0.1, 0.15) is 0 Å². The molecule has 0 fully saturated rings. The van der Waals surface area contributed by atoms with Gasteiger partial charge in [0.05, 0.1) is 21.3 Å². The van der Waals surface area contributed by atoms with E-state index in [0.29, 0.717) is 0 Å². The molecule has 0 amide bonds. The Balaban J connectivity index is 1.98. The average molecular weight is 468 g/mol. The summed E-state index contributed by atoms with van der Waals surface area (Å²) in [6, 6.07) is 13.3. The maximum Gasteiger partial charge on any atom is 0.481 e. The quantitative estimate of drug-likeness (QED) is 0.243. The number of para-hydroxylation sites is 3. The summed E-state index contributed by atoms with van der Waals surface area (Å²) in [4.78, 5) is 0. The van der Waals surface area contributed by atoms with Gasteiger partial charge in [0.15, 0.2) is 34.5 Å². The second kappa shape index (κ2) is 11.1. The highest BCUT2D eigenvalue weighted by Gasteiger charge is 2.37. The molecule has 0 bridgehead atoms. The molecule has 34 heavy (non-hydrogen) atoms. The van der Waals surface area contributed by atoms with Crippen LogP contribution in [-0.4, -0.2) is 68.1 Å². The molecule has 3 rings (SSSR count). The van der Waals surface area contributed by atoms with Crippen molar-refractivity contribution in [3.05, 3.63) is 54.6 Å². The van der Waals surface area contributed by atoms with Crippen molar-refractivity contribution in [2.75, 3.05) is 21.3 Å². The zero-order chi connectivity index (χ0) is 24.8. The molecule has 0 saturated heterocycles. The number of benzene rings is 3. The molecule has 0 aliphatic rings. The van der Waals surface area contributed by atoms with Crippen molar-refractivity contribution < 1.29 is 48.7 Å². The minimum atomic E-state index is -1.77. The van der Waals surface area contributed by atoms with E-state index >= 15 is 0 Å². The van der Waals surface area contributed by atoms with E-state index in [9.17, 15) is 25.4 Å². The van der Waals surface area contributed by atoms with Crippen LogP contribution in [0.3, 0.4) is 0 Å². The number of ether oxygens (including phenoxy) is 3. The first-order valence-electron chi connectivity index (χ1n) is 10.1. The molecule has 0 saturated carbocycles. The maximum atomic E-state index is 10.7. The molecule has 0 atom stereocenters. The zero-order valence-electron chi connectivity index (χ0n) is 18.7. The number of methoxy groups -OCH3 is 3. The molecule has 0 aliphatic carbocycles. The van der Waals surface area contributed by atoms with E-state index < -0.39 is 21.4 Å². The third-order valence-corrected chi connectivity index (χ3v) is 5.04. The topological polar surface area (TPSA) is 147 Å². The van der Waals surface area contributed by atoms with Crippen LogP contribution in [0, 0.1) is 0 Å². The summed E-state index contributed by atoms with van der Waals surface area (Å²) in [5.74, 6) is -0.799. The number of phenols is 3. The highest BCUT2D eigenvalue weighted by Crippen LogP contribution is 2.26. The molecule has 3 aromatic carbocycles. The van der Waals surface area contributed by atoms with Gasteiger partial charge in [0.2, 0.25) is 0 Å². The van der Waals surface area contributed by atoms with E-state index in [-0.39, 0.29) is 50.9 Å². The molecule has 0 radical (unpaired) electrons. The second-order valence-corrected chi connectivity index (χ2v) is 7.00. The SMILES string of the molecule is COc1cccc(B(O)OB(OB(O)c2cccc(OC)c2O)c2cccc(OC)c2O)c1O. The monoisotopic (exact) mass is 468 g/mol. The Bertz CT molecular complexity index is 1070. The number of hydrogen-bond donors (Lipinski definition) is 5. The highest BCUT2D eigenvalue weighted by atomic mass is 16.6. The third kappa shape index (κ3) is 5.18. The molecule has 3 aromatic rings. The lowest BCUT2D eigenvalue weighted by Gasteiger charge is -2.22. The number of hydrogen-bond acceptors (Lipinski definition) is 10. The minimum Gasteiger partial charge on any atom is -0.505 e. The lowest BCUT2D eigenvalue weighted by atomic mass is 9.66. The van der Waals surface area contributed by atoms with Gasteiger partial charge in [0, 0.05) is 16.4 Å². The summed E-state index contributed by atoms with van der Waals surface area (Å²) in [6.07, 6.45) is 0. The van der Waals surface area contributed by atoms with E-state index in [1.54, 1.807) is 6.07 Å². The van der Waals surface area contributed by atoms with Crippen molar-refractivity contribution >= 4 is 37.7 Å². The lowest BCUT2D eigenvalue weighted by molar-refractivity contribution is 0.345. The Morgan fingerprint density at radius 3 is 1.21 bits per heavy atom. The van der Waals surface area contributed by atoms with Crippen molar-refractivity contribution in [3.63, 3.8) is 0 Å². The number of phenolic OH excluding ortho intramolecular Hbond substituents is 3. The molecule has 176 valence electrons. The first-order valence-corrected chi connectivity index (χ1v) is 10.1. The van der Waals surface area contributed by atoms with Crippen molar-refractivity contribution in [2.24, 2.45) is 0 Å². The third-order valence-electron chi connectivity index (χ3n) is 5.04. The van der Waals surface area contributed by atoms with Gasteiger partial charge < -0.3 is 48.7 Å². The molecule has 0 unspecified atom stereocenters. The molecule has 0 heterocycles. The molecule has 0 spiro atoms. The van der Waals surface area contributed by atoms with E-state index in [0.717, 1.165) is 0 Å². The molecule has 0 aromatic heterocycles. The Labute approximate surface area is 197 Å². The van der Waals surface area contributed by atoms with Gasteiger partial charge in [-0.15, -0.1) is 0 Å². The summed E-state index contributed by atoms with van der Waals surface area (Å²) >= 11 is 0. The molecular formula is C21H23B3O10. The molecule has 5 N–H and O–H groups in total. The highest BCUT2D eigenvalue weighted by molar-refractivity contribution is 6.80. The molecule has 0 aliphatic heterocycles. The lowest BCUT2D eigenvalue weighted by Crippen LogP contribution is -2.51.